The highest BCUT2D eigenvalue weighted by atomic mass is 16.6. The van der Waals surface area contributed by atoms with Gasteiger partial charge in [-0.2, -0.15) is 0 Å². The molecule has 3 rings (SSSR count). The summed E-state index contributed by atoms with van der Waals surface area (Å²) in [7, 11) is 0. The molecule has 3 fully saturated rings. The van der Waals surface area contributed by atoms with Crippen LogP contribution < -0.4 is 0 Å². The summed E-state index contributed by atoms with van der Waals surface area (Å²) >= 11 is 0. The summed E-state index contributed by atoms with van der Waals surface area (Å²) in [6.07, 6.45) is 0.937. The van der Waals surface area contributed by atoms with Gasteiger partial charge in [0.25, 0.3) is 0 Å². The molecule has 0 aromatic carbocycles. The molecule has 0 radical (unpaired) electrons. The fraction of sp³-hybridized carbons (Fsp3) is 0.800. The molecule has 21 heavy (non-hydrogen) atoms. The first kappa shape index (κ1) is 14.4. The average molecular weight is 296 g/mol. The topological polar surface area (TPSA) is 78.9 Å². The lowest BCUT2D eigenvalue weighted by molar-refractivity contribution is -0.166. The van der Waals surface area contributed by atoms with Crippen molar-refractivity contribution in [2.24, 2.45) is 17.3 Å². The SMILES string of the molecule is CCOC(=O)CCC(=O)OC1C2OC(=O)C3CC1(C)CC32. The lowest BCUT2D eigenvalue weighted by Gasteiger charge is -2.32. The molecule has 1 heterocycles. The third-order valence-electron chi connectivity index (χ3n) is 4.96. The van der Waals surface area contributed by atoms with E-state index in [4.69, 9.17) is 14.2 Å². The smallest absolute Gasteiger partial charge is 0.309 e. The lowest BCUT2D eigenvalue weighted by Crippen LogP contribution is -2.41. The summed E-state index contributed by atoms with van der Waals surface area (Å²) < 4.78 is 15.7. The first-order valence-electron chi connectivity index (χ1n) is 7.50. The van der Waals surface area contributed by atoms with Crippen molar-refractivity contribution in [3.05, 3.63) is 0 Å². The van der Waals surface area contributed by atoms with E-state index in [0.717, 1.165) is 12.8 Å². The van der Waals surface area contributed by atoms with Crippen LogP contribution in [-0.2, 0) is 28.6 Å². The lowest BCUT2D eigenvalue weighted by atomic mass is 9.79. The number of esters is 3. The van der Waals surface area contributed by atoms with Gasteiger partial charge in [0.1, 0.15) is 12.2 Å². The number of fused-ring (bicyclic) bond motifs is 1. The normalized spacial score (nSPS) is 39.2. The summed E-state index contributed by atoms with van der Waals surface area (Å²) in [6, 6.07) is 0. The van der Waals surface area contributed by atoms with Gasteiger partial charge in [-0.05, 0) is 19.8 Å². The molecular weight excluding hydrogens is 276 g/mol. The molecule has 0 amide bonds. The van der Waals surface area contributed by atoms with E-state index in [-0.39, 0.29) is 48.3 Å². The van der Waals surface area contributed by atoms with Gasteiger partial charge in [-0.3, -0.25) is 14.4 Å². The van der Waals surface area contributed by atoms with E-state index in [9.17, 15) is 14.4 Å². The number of hydrogen-bond acceptors (Lipinski definition) is 6. The predicted octanol–water partition coefficient (Wildman–Crippen LogP) is 1.21. The minimum Gasteiger partial charge on any atom is -0.466 e. The van der Waals surface area contributed by atoms with Crippen molar-refractivity contribution in [3.8, 4) is 0 Å². The molecule has 2 saturated carbocycles. The quantitative estimate of drug-likeness (QED) is 0.560. The molecule has 1 saturated heterocycles. The van der Waals surface area contributed by atoms with E-state index < -0.39 is 11.9 Å². The minimum atomic E-state index is -0.429. The van der Waals surface area contributed by atoms with Gasteiger partial charge in [-0.15, -0.1) is 0 Å². The summed E-state index contributed by atoms with van der Waals surface area (Å²) in [4.78, 5) is 34.9. The molecule has 0 spiro atoms. The van der Waals surface area contributed by atoms with E-state index in [1.807, 2.05) is 6.92 Å². The summed E-state index contributed by atoms with van der Waals surface area (Å²) in [5.41, 5.74) is -0.175. The van der Waals surface area contributed by atoms with Crippen molar-refractivity contribution >= 4 is 17.9 Å². The van der Waals surface area contributed by atoms with Crippen molar-refractivity contribution in [1.29, 1.82) is 0 Å². The van der Waals surface area contributed by atoms with Gasteiger partial charge in [0, 0.05) is 11.3 Å². The maximum atomic E-state index is 11.9. The first-order chi connectivity index (χ1) is 9.94. The molecular formula is C15H20O6. The van der Waals surface area contributed by atoms with E-state index in [1.165, 1.54) is 0 Å². The highest BCUT2D eigenvalue weighted by molar-refractivity contribution is 5.79. The van der Waals surface area contributed by atoms with Crippen LogP contribution in [0.1, 0.15) is 39.5 Å². The van der Waals surface area contributed by atoms with Crippen LogP contribution in [0.3, 0.4) is 0 Å². The molecule has 0 aromatic heterocycles. The van der Waals surface area contributed by atoms with Crippen LogP contribution in [0.2, 0.25) is 0 Å². The van der Waals surface area contributed by atoms with Gasteiger partial charge in [0.15, 0.2) is 0 Å². The molecule has 0 aromatic rings. The number of carbonyl (C=O) groups is 3. The van der Waals surface area contributed by atoms with E-state index >= 15 is 0 Å². The maximum Gasteiger partial charge on any atom is 0.309 e. The van der Waals surface area contributed by atoms with Gasteiger partial charge in [-0.1, -0.05) is 6.92 Å². The second-order valence-corrected chi connectivity index (χ2v) is 6.45. The zero-order chi connectivity index (χ0) is 15.2. The second-order valence-electron chi connectivity index (χ2n) is 6.45. The molecule has 116 valence electrons. The average Bonchev–Trinajstić information content (AvgIpc) is 2.97. The Morgan fingerprint density at radius 2 is 2.00 bits per heavy atom. The maximum absolute atomic E-state index is 11.9. The Balaban J connectivity index is 1.57. The van der Waals surface area contributed by atoms with Crippen molar-refractivity contribution < 1.29 is 28.6 Å². The summed E-state index contributed by atoms with van der Waals surface area (Å²) in [5.74, 6) is -0.819. The van der Waals surface area contributed by atoms with Crippen LogP contribution >= 0.6 is 0 Å². The highest BCUT2D eigenvalue weighted by Crippen LogP contribution is 2.62. The van der Waals surface area contributed by atoms with Gasteiger partial charge in [-0.25, -0.2) is 0 Å². The Hall–Kier alpha value is -1.59. The monoisotopic (exact) mass is 296 g/mol. The zero-order valence-electron chi connectivity index (χ0n) is 12.3. The van der Waals surface area contributed by atoms with Gasteiger partial charge < -0.3 is 14.2 Å². The molecule has 0 N–H and O–H groups in total. The Bertz CT molecular complexity index is 487. The van der Waals surface area contributed by atoms with Gasteiger partial charge in [0.2, 0.25) is 0 Å². The summed E-state index contributed by atoms with van der Waals surface area (Å²) in [5, 5.41) is 0. The van der Waals surface area contributed by atoms with Gasteiger partial charge >= 0.3 is 17.9 Å². The third kappa shape index (κ3) is 2.30. The van der Waals surface area contributed by atoms with Gasteiger partial charge in [0.05, 0.1) is 25.4 Å². The fourth-order valence-electron chi connectivity index (χ4n) is 4.09. The van der Waals surface area contributed by atoms with Crippen molar-refractivity contribution in [3.63, 3.8) is 0 Å². The Morgan fingerprint density at radius 1 is 1.29 bits per heavy atom. The van der Waals surface area contributed by atoms with Crippen LogP contribution in [-0.4, -0.2) is 36.7 Å². The number of ether oxygens (including phenoxy) is 3. The third-order valence-corrected chi connectivity index (χ3v) is 4.96. The van der Waals surface area contributed by atoms with E-state index in [1.54, 1.807) is 6.92 Å². The first-order valence-corrected chi connectivity index (χ1v) is 7.50. The van der Waals surface area contributed by atoms with Crippen molar-refractivity contribution in [1.82, 2.24) is 0 Å². The van der Waals surface area contributed by atoms with E-state index in [0.29, 0.717) is 6.61 Å². The summed E-state index contributed by atoms with van der Waals surface area (Å²) in [6.45, 7) is 4.07. The molecule has 5 unspecified atom stereocenters. The molecule has 6 nitrogen and oxygen atoms in total. The standard InChI is InChI=1S/C15H20O6/c1-3-19-10(16)4-5-11(17)20-13-12-8-6-15(13,2)7-9(8)14(18)21-12/h8-9,12-13H,3-7H2,1-2H3. The van der Waals surface area contributed by atoms with Crippen LogP contribution in [0.4, 0.5) is 0 Å². The van der Waals surface area contributed by atoms with Crippen LogP contribution in [0.25, 0.3) is 0 Å². The fourth-order valence-corrected chi connectivity index (χ4v) is 4.09. The van der Waals surface area contributed by atoms with Crippen molar-refractivity contribution in [2.75, 3.05) is 6.61 Å². The molecule has 1 aliphatic heterocycles. The van der Waals surface area contributed by atoms with Crippen LogP contribution in [0, 0.1) is 17.3 Å². The van der Waals surface area contributed by atoms with Crippen molar-refractivity contribution in [2.45, 2.75) is 51.7 Å². The Labute approximate surface area is 123 Å². The molecule has 3 aliphatic rings. The highest BCUT2D eigenvalue weighted by Gasteiger charge is 2.68. The van der Waals surface area contributed by atoms with Crippen LogP contribution in [0.5, 0.6) is 0 Å². The molecule has 2 bridgehead atoms. The number of carbonyl (C=O) groups excluding carboxylic acids is 3. The molecule has 6 heteroatoms. The minimum absolute atomic E-state index is 0.000174. The number of rotatable bonds is 5. The second kappa shape index (κ2) is 5.00. The Morgan fingerprint density at radius 3 is 2.71 bits per heavy atom. The largest absolute Gasteiger partial charge is 0.466 e. The Kier molecular flexibility index (Phi) is 3.42. The van der Waals surface area contributed by atoms with Crippen LogP contribution in [0.15, 0.2) is 0 Å². The number of hydrogen-bond donors (Lipinski definition) is 0. The zero-order valence-corrected chi connectivity index (χ0v) is 12.3. The molecule has 5 atom stereocenters. The molecule has 2 aliphatic carbocycles. The predicted molar refractivity (Wildman–Crippen MR) is 69.9 cm³/mol. The van der Waals surface area contributed by atoms with E-state index in [2.05, 4.69) is 0 Å².